The van der Waals surface area contributed by atoms with Crippen molar-refractivity contribution in [2.24, 2.45) is 50.7 Å². The zero-order valence-corrected chi connectivity index (χ0v) is 26.3. The molecule has 224 valence electrons. The van der Waals surface area contributed by atoms with Gasteiger partial charge in [0.25, 0.3) is 0 Å². The van der Waals surface area contributed by atoms with Gasteiger partial charge in [-0.1, -0.05) is 48.5 Å². The van der Waals surface area contributed by atoms with E-state index in [1.54, 1.807) is 0 Å². The molecule has 4 saturated carbocycles. The number of hydrogen-bond donors (Lipinski definition) is 1. The van der Waals surface area contributed by atoms with Gasteiger partial charge < -0.3 is 14.6 Å². The minimum absolute atomic E-state index is 0.00911. The van der Waals surface area contributed by atoms with E-state index in [2.05, 4.69) is 48.5 Å². The second-order valence-electron chi connectivity index (χ2n) is 15.8. The molecule has 6 nitrogen and oxygen atoms in total. The van der Waals surface area contributed by atoms with Gasteiger partial charge in [-0.25, -0.2) is 0 Å². The maximum atomic E-state index is 13.6. The summed E-state index contributed by atoms with van der Waals surface area (Å²) in [6.07, 6.45) is 6.64. The molecule has 0 amide bonds. The van der Waals surface area contributed by atoms with Crippen LogP contribution >= 0.6 is 0 Å². The third-order valence-corrected chi connectivity index (χ3v) is 13.5. The van der Waals surface area contributed by atoms with E-state index in [0.717, 1.165) is 56.1 Å². The highest BCUT2D eigenvalue weighted by atomic mass is 16.5. The fraction of sp³-hybridized carbons (Fsp3) is 0.853. The zero-order valence-electron chi connectivity index (χ0n) is 26.3. The van der Waals surface area contributed by atoms with Crippen molar-refractivity contribution in [1.29, 1.82) is 0 Å². The number of rotatable bonds is 4. The van der Waals surface area contributed by atoms with E-state index in [1.165, 1.54) is 13.8 Å². The van der Waals surface area contributed by atoms with Crippen LogP contribution in [0.1, 0.15) is 114 Å². The lowest BCUT2D eigenvalue weighted by Crippen LogP contribution is -2.66. The molecule has 5 aliphatic rings. The Kier molecular flexibility index (Phi) is 7.01. The third kappa shape index (κ3) is 3.79. The number of ether oxygens (including phenoxy) is 2. The standard InChI is InChI=1S/C34H52O6/c1-19(2)26-27-22-10-11-24-31(7)14-13-25(40-21(4)36)30(5,6)23(31)12-15-33(24,9)32(22,8)16-17-34(27,18-39-20(3)35)29(38)28(26)37/h19,22-25,29,38H,10-18H2,1-9H3/t22-,23+,24-,25+,29-,31+,32-,33-,34+/m1/s1. The highest BCUT2D eigenvalue weighted by Gasteiger charge is 2.71. The van der Waals surface area contributed by atoms with E-state index >= 15 is 0 Å². The predicted molar refractivity (Wildman–Crippen MR) is 153 cm³/mol. The normalized spacial score (nSPS) is 45.8. The Morgan fingerprint density at radius 1 is 0.875 bits per heavy atom. The zero-order chi connectivity index (χ0) is 29.6. The van der Waals surface area contributed by atoms with Crippen LogP contribution in [0.25, 0.3) is 0 Å². The molecule has 0 bridgehead atoms. The van der Waals surface area contributed by atoms with Crippen LogP contribution < -0.4 is 0 Å². The van der Waals surface area contributed by atoms with Gasteiger partial charge in [-0.3, -0.25) is 14.4 Å². The molecule has 5 rings (SSSR count). The van der Waals surface area contributed by atoms with Crippen LogP contribution in [0.15, 0.2) is 11.1 Å². The number of fused-ring (bicyclic) bond motifs is 7. The lowest BCUT2D eigenvalue weighted by molar-refractivity contribution is -0.235. The Hall–Kier alpha value is -1.69. The molecule has 0 unspecified atom stereocenters. The predicted octanol–water partition coefficient (Wildman–Crippen LogP) is 6.43. The number of aliphatic hydroxyl groups excluding tert-OH is 1. The van der Waals surface area contributed by atoms with Crippen LogP contribution in [0.5, 0.6) is 0 Å². The van der Waals surface area contributed by atoms with E-state index in [1.807, 2.05) is 0 Å². The molecule has 0 aliphatic heterocycles. The molecule has 5 aliphatic carbocycles. The molecule has 0 radical (unpaired) electrons. The molecule has 6 heteroatoms. The number of hydrogen-bond acceptors (Lipinski definition) is 6. The van der Waals surface area contributed by atoms with E-state index in [4.69, 9.17) is 9.47 Å². The first-order valence-electron chi connectivity index (χ1n) is 15.7. The first-order valence-corrected chi connectivity index (χ1v) is 15.7. The largest absolute Gasteiger partial charge is 0.465 e. The minimum atomic E-state index is -1.14. The summed E-state index contributed by atoms with van der Waals surface area (Å²) in [6.45, 7) is 19.3. The lowest BCUT2D eigenvalue weighted by Gasteiger charge is -2.72. The summed E-state index contributed by atoms with van der Waals surface area (Å²) in [6, 6.07) is 0. The van der Waals surface area contributed by atoms with Crippen molar-refractivity contribution in [3.05, 3.63) is 11.1 Å². The number of carbonyl (C=O) groups is 3. The summed E-state index contributed by atoms with van der Waals surface area (Å²) in [5.41, 5.74) is 1.21. The Morgan fingerprint density at radius 3 is 2.15 bits per heavy atom. The van der Waals surface area contributed by atoms with Crippen molar-refractivity contribution in [3.63, 3.8) is 0 Å². The van der Waals surface area contributed by atoms with Gasteiger partial charge in [0.05, 0.1) is 5.41 Å². The summed E-state index contributed by atoms with van der Waals surface area (Å²) in [5.74, 6) is 0.490. The topological polar surface area (TPSA) is 89.9 Å². The average Bonchev–Trinajstić information content (AvgIpc) is 3.07. The molecule has 9 atom stereocenters. The van der Waals surface area contributed by atoms with Crippen molar-refractivity contribution in [3.8, 4) is 0 Å². The Balaban J connectivity index is 1.56. The van der Waals surface area contributed by atoms with Gasteiger partial charge in [0.15, 0.2) is 5.78 Å². The molecule has 1 N–H and O–H groups in total. The third-order valence-electron chi connectivity index (χ3n) is 13.5. The van der Waals surface area contributed by atoms with Gasteiger partial charge in [-0.15, -0.1) is 0 Å². The van der Waals surface area contributed by atoms with Crippen LogP contribution in [-0.4, -0.2) is 41.6 Å². The van der Waals surface area contributed by atoms with Crippen LogP contribution in [0.3, 0.4) is 0 Å². The first kappa shape index (κ1) is 29.8. The first-order chi connectivity index (χ1) is 18.5. The van der Waals surface area contributed by atoms with Crippen molar-refractivity contribution in [2.45, 2.75) is 126 Å². The smallest absolute Gasteiger partial charge is 0.302 e. The van der Waals surface area contributed by atoms with Crippen molar-refractivity contribution in [2.75, 3.05) is 6.61 Å². The molecule has 0 aromatic rings. The quantitative estimate of drug-likeness (QED) is 0.401. The van der Waals surface area contributed by atoms with Gasteiger partial charge >= 0.3 is 11.9 Å². The summed E-state index contributed by atoms with van der Waals surface area (Å²) < 4.78 is 11.5. The fourth-order valence-corrected chi connectivity index (χ4v) is 11.5. The number of esters is 2. The van der Waals surface area contributed by atoms with Crippen LogP contribution in [0.4, 0.5) is 0 Å². The second-order valence-corrected chi connectivity index (χ2v) is 15.8. The molecule has 0 aromatic carbocycles. The van der Waals surface area contributed by atoms with Crippen LogP contribution in [-0.2, 0) is 23.9 Å². The molecule has 0 heterocycles. The van der Waals surface area contributed by atoms with E-state index < -0.39 is 11.5 Å². The fourth-order valence-electron chi connectivity index (χ4n) is 11.5. The number of ketones is 1. The maximum Gasteiger partial charge on any atom is 0.302 e. The Bertz CT molecular complexity index is 1140. The second kappa shape index (κ2) is 9.41. The number of carbonyl (C=O) groups excluding carboxylic acids is 3. The number of Topliss-reactive ketones (excluding diaryl/α,β-unsaturated/α-hetero) is 1. The lowest BCUT2D eigenvalue weighted by atomic mass is 9.33. The van der Waals surface area contributed by atoms with Crippen LogP contribution in [0.2, 0.25) is 0 Å². The highest BCUT2D eigenvalue weighted by molar-refractivity contribution is 6.04. The van der Waals surface area contributed by atoms with E-state index in [-0.39, 0.29) is 63.9 Å². The van der Waals surface area contributed by atoms with Crippen molar-refractivity contribution in [1.82, 2.24) is 0 Å². The van der Waals surface area contributed by atoms with Gasteiger partial charge in [0, 0.05) is 24.8 Å². The number of aliphatic hydroxyl groups is 1. The van der Waals surface area contributed by atoms with Crippen molar-refractivity contribution >= 4 is 17.7 Å². The molecular formula is C34H52O6. The molecule has 0 saturated heterocycles. The van der Waals surface area contributed by atoms with Gasteiger partial charge in [-0.2, -0.15) is 0 Å². The summed E-state index contributed by atoms with van der Waals surface area (Å²) in [5, 5.41) is 11.5. The highest BCUT2D eigenvalue weighted by Crippen LogP contribution is 2.76. The van der Waals surface area contributed by atoms with Gasteiger partial charge in [0.1, 0.15) is 18.8 Å². The van der Waals surface area contributed by atoms with Crippen molar-refractivity contribution < 1.29 is 29.0 Å². The Morgan fingerprint density at radius 2 is 1.55 bits per heavy atom. The Labute approximate surface area is 241 Å². The monoisotopic (exact) mass is 556 g/mol. The maximum absolute atomic E-state index is 13.6. The van der Waals surface area contributed by atoms with Gasteiger partial charge in [0.2, 0.25) is 0 Å². The molecule has 0 spiro atoms. The van der Waals surface area contributed by atoms with E-state index in [0.29, 0.717) is 18.3 Å². The molecular weight excluding hydrogens is 504 g/mol. The summed E-state index contributed by atoms with van der Waals surface area (Å²) in [7, 11) is 0. The van der Waals surface area contributed by atoms with Crippen LogP contribution in [0, 0.1) is 50.7 Å². The van der Waals surface area contributed by atoms with E-state index in [9.17, 15) is 19.5 Å². The molecule has 0 aromatic heterocycles. The SMILES string of the molecule is CC(=O)OC[C@@]12CC[C@]3(C)[C@H](CC[C@@H]4[C@@]5(C)CC[C@H](OC(C)=O)C(C)(C)[C@@H]5CC[C@]43C)C1=C(C(C)C)C(=O)[C@H]2O. The molecule has 40 heavy (non-hydrogen) atoms. The summed E-state index contributed by atoms with van der Waals surface area (Å²) in [4.78, 5) is 37.5. The molecule has 4 fully saturated rings. The summed E-state index contributed by atoms with van der Waals surface area (Å²) >= 11 is 0. The van der Waals surface area contributed by atoms with Gasteiger partial charge in [-0.05, 0) is 96.9 Å². The minimum Gasteiger partial charge on any atom is -0.465 e. The average molecular weight is 557 g/mol.